The second-order valence-electron chi connectivity index (χ2n) is 9.72. The highest BCUT2D eigenvalue weighted by Crippen LogP contribution is 2.25. The van der Waals surface area contributed by atoms with Crippen molar-refractivity contribution in [1.82, 2.24) is 0 Å². The lowest BCUT2D eigenvalue weighted by atomic mass is 10.2. The molecule has 0 radical (unpaired) electrons. The van der Waals surface area contributed by atoms with Gasteiger partial charge >= 0.3 is 23.9 Å². The van der Waals surface area contributed by atoms with E-state index in [1.165, 1.54) is 25.1 Å². The van der Waals surface area contributed by atoms with E-state index in [4.69, 9.17) is 30.3 Å². The molecule has 1 aliphatic heterocycles. The Morgan fingerprint density at radius 1 is 0.844 bits per heavy atom. The lowest BCUT2D eigenvalue weighted by molar-refractivity contribution is -0.136. The second-order valence-corrected chi connectivity index (χ2v) is 11.7. The number of rotatable bonds is 12. The van der Waals surface area contributed by atoms with Crippen LogP contribution in [0.2, 0.25) is 0 Å². The molecule has 1 aromatic carbocycles. The molecule has 1 aromatic rings. The molecular formula is C32H46O12S. The third-order valence-corrected chi connectivity index (χ3v) is 8.16. The first kappa shape index (κ1) is 42.9. The van der Waals surface area contributed by atoms with Gasteiger partial charge in [0.25, 0.3) is 0 Å². The number of allylic oxidation sites excluding steroid dienone is 3. The van der Waals surface area contributed by atoms with Crippen molar-refractivity contribution >= 4 is 33.7 Å². The first-order valence-corrected chi connectivity index (χ1v) is 15.6. The Labute approximate surface area is 265 Å². The zero-order valence-electron chi connectivity index (χ0n) is 26.9. The molecule has 0 bridgehead atoms. The minimum Gasteiger partial charge on any atom is -0.502 e. The van der Waals surface area contributed by atoms with E-state index in [-0.39, 0.29) is 27.9 Å². The smallest absolute Gasteiger partial charge is 0.370 e. The van der Waals surface area contributed by atoms with Gasteiger partial charge in [-0.3, -0.25) is 0 Å². The highest BCUT2D eigenvalue weighted by Gasteiger charge is 2.24. The average molecular weight is 655 g/mol. The molecule has 0 amide bonds. The summed E-state index contributed by atoms with van der Waals surface area (Å²) in [6, 6.07) is 6.37. The molecule has 0 saturated carbocycles. The van der Waals surface area contributed by atoms with Crippen LogP contribution in [0.4, 0.5) is 0 Å². The number of aliphatic carboxylic acids is 4. The second kappa shape index (κ2) is 22.3. The van der Waals surface area contributed by atoms with Gasteiger partial charge in [0.15, 0.2) is 5.76 Å². The predicted molar refractivity (Wildman–Crippen MR) is 170 cm³/mol. The third-order valence-electron chi connectivity index (χ3n) is 6.03. The molecule has 1 aliphatic rings. The summed E-state index contributed by atoms with van der Waals surface area (Å²) in [7, 11) is -3.71. The molecular weight excluding hydrogens is 608 g/mol. The van der Waals surface area contributed by atoms with E-state index < -0.39 is 39.5 Å². The molecule has 0 spiro atoms. The summed E-state index contributed by atoms with van der Waals surface area (Å²) in [5.41, 5.74) is 1.61. The van der Waals surface area contributed by atoms with Crippen molar-refractivity contribution in [2.24, 2.45) is 0 Å². The molecule has 0 aromatic heterocycles. The average Bonchev–Trinajstić information content (AvgIpc) is 3.81. The van der Waals surface area contributed by atoms with Crippen LogP contribution in [0.15, 0.2) is 74.8 Å². The largest absolute Gasteiger partial charge is 0.502 e. The number of epoxide rings is 1. The van der Waals surface area contributed by atoms with Gasteiger partial charge in [-0.1, -0.05) is 50.1 Å². The Balaban J connectivity index is 0. The zero-order chi connectivity index (χ0) is 35.3. The van der Waals surface area contributed by atoms with E-state index in [0.717, 1.165) is 31.4 Å². The van der Waals surface area contributed by atoms with Gasteiger partial charge in [0.1, 0.15) is 0 Å². The molecule has 45 heavy (non-hydrogen) atoms. The van der Waals surface area contributed by atoms with Gasteiger partial charge in [0.05, 0.1) is 22.5 Å². The number of aliphatic hydroxyl groups excluding tert-OH is 1. The Morgan fingerprint density at radius 3 is 1.69 bits per heavy atom. The number of hydrogen-bond acceptors (Lipinski definition) is 8. The van der Waals surface area contributed by atoms with Gasteiger partial charge in [-0.2, -0.15) is 0 Å². The topological polar surface area (TPSA) is 216 Å². The molecule has 1 heterocycles. The summed E-state index contributed by atoms with van der Waals surface area (Å²) in [6.45, 7) is 12.4. The van der Waals surface area contributed by atoms with Crippen molar-refractivity contribution in [1.29, 1.82) is 0 Å². The van der Waals surface area contributed by atoms with Gasteiger partial charge in [-0.15, -0.1) is 0 Å². The number of carbonyl (C=O) groups is 4. The Bertz CT molecular complexity index is 1360. The molecule has 12 nitrogen and oxygen atoms in total. The standard InChI is InChI=1S/C13H16O4S.C7H10O3.C7H12O3.C5H8O2/c1-4-12(10(3)13(14)15)18(16,17)11-7-5-9(2)6-8-11;1-5(7(8)9)2-3-6-4-10-6;1-2-3-4-5-6(8)7(9)10;1-3-4(2)5(6)7/h5-8H,4H2,1-3H3,(H,14,15);2,6H,3-4H2,1H3,(H,8,9);5,8H,2-4H2,1H3,(H,9,10);3H,1-2H3,(H,6,7)/b12-10+;5-2+;6-5-;4-3+. The molecule has 5 N–H and O–H groups in total. The number of benzene rings is 1. The molecule has 1 unspecified atom stereocenters. The quantitative estimate of drug-likeness (QED) is 0.0749. The van der Waals surface area contributed by atoms with Crippen LogP contribution in [0, 0.1) is 6.92 Å². The predicted octanol–water partition coefficient (Wildman–Crippen LogP) is 6.08. The van der Waals surface area contributed by atoms with Gasteiger partial charge in [0.2, 0.25) is 9.84 Å². The van der Waals surface area contributed by atoms with E-state index in [2.05, 4.69) is 0 Å². The molecule has 0 aliphatic carbocycles. The van der Waals surface area contributed by atoms with Crippen LogP contribution in [0.25, 0.3) is 0 Å². The van der Waals surface area contributed by atoms with Crippen molar-refractivity contribution in [3.63, 3.8) is 0 Å². The molecule has 1 saturated heterocycles. The highest BCUT2D eigenvalue weighted by molar-refractivity contribution is 7.95. The maximum atomic E-state index is 12.3. The van der Waals surface area contributed by atoms with E-state index >= 15 is 0 Å². The van der Waals surface area contributed by atoms with E-state index in [1.54, 1.807) is 52.0 Å². The van der Waals surface area contributed by atoms with E-state index in [1.807, 2.05) is 13.8 Å². The number of unbranched alkanes of at least 4 members (excludes halogenated alkanes) is 2. The molecule has 13 heteroatoms. The third kappa shape index (κ3) is 18.9. The van der Waals surface area contributed by atoms with Crippen LogP contribution >= 0.6 is 0 Å². The first-order valence-electron chi connectivity index (χ1n) is 14.1. The Kier molecular flexibility index (Phi) is 21.3. The van der Waals surface area contributed by atoms with Crippen molar-refractivity contribution in [2.45, 2.75) is 91.6 Å². The fourth-order valence-corrected chi connectivity index (χ4v) is 4.54. The number of sulfone groups is 1. The summed E-state index contributed by atoms with van der Waals surface area (Å²) in [5, 5.41) is 42.2. The lowest BCUT2D eigenvalue weighted by Crippen LogP contribution is -2.10. The normalized spacial score (nSPS) is 15.0. The highest BCUT2D eigenvalue weighted by atomic mass is 32.2. The van der Waals surface area contributed by atoms with Crippen molar-refractivity contribution in [3.8, 4) is 0 Å². The summed E-state index contributed by atoms with van der Waals surface area (Å²) >= 11 is 0. The van der Waals surface area contributed by atoms with Gasteiger partial charge in [-0.05, 0) is 78.5 Å². The SMILES string of the molecule is C/C(=C\CC1CO1)C(=O)O.C/C=C(\C)C(=O)O.CC/C(=C(/C)C(=O)O)S(=O)(=O)c1ccc(C)cc1.CCCC/C=C(\O)C(=O)O. The van der Waals surface area contributed by atoms with Crippen molar-refractivity contribution < 1.29 is 57.9 Å². The number of aliphatic hydroxyl groups is 1. The van der Waals surface area contributed by atoms with Crippen LogP contribution in [0.1, 0.15) is 79.2 Å². The molecule has 1 fully saturated rings. The molecule has 2 rings (SSSR count). The van der Waals surface area contributed by atoms with Gasteiger partial charge in [-0.25, -0.2) is 27.6 Å². The first-order chi connectivity index (χ1) is 20.9. The van der Waals surface area contributed by atoms with Gasteiger partial charge in [0, 0.05) is 16.7 Å². The minimum absolute atomic E-state index is 0.0427. The van der Waals surface area contributed by atoms with E-state index in [9.17, 15) is 27.6 Å². The zero-order valence-corrected chi connectivity index (χ0v) is 27.7. The van der Waals surface area contributed by atoms with Crippen LogP contribution in [0.3, 0.4) is 0 Å². The summed E-state index contributed by atoms with van der Waals surface area (Å²) in [5.74, 6) is -4.70. The van der Waals surface area contributed by atoms with Crippen LogP contribution in [-0.4, -0.2) is 70.5 Å². The number of hydrogen-bond donors (Lipinski definition) is 5. The van der Waals surface area contributed by atoms with Crippen molar-refractivity contribution in [3.05, 3.63) is 75.4 Å². The summed E-state index contributed by atoms with van der Waals surface area (Å²) in [6.07, 6.45) is 8.31. The summed E-state index contributed by atoms with van der Waals surface area (Å²) in [4.78, 5) is 41.1. The van der Waals surface area contributed by atoms with Gasteiger partial charge < -0.3 is 30.3 Å². The molecule has 252 valence electrons. The van der Waals surface area contributed by atoms with Crippen LogP contribution in [-0.2, 0) is 33.8 Å². The lowest BCUT2D eigenvalue weighted by Gasteiger charge is -2.09. The number of aryl methyl sites for hydroxylation is 1. The minimum atomic E-state index is -3.71. The van der Waals surface area contributed by atoms with E-state index in [0.29, 0.717) is 17.6 Å². The maximum Gasteiger partial charge on any atom is 0.370 e. The number of carboxylic acids is 4. The van der Waals surface area contributed by atoms with Crippen LogP contribution in [0.5, 0.6) is 0 Å². The fraction of sp³-hybridized carbons (Fsp3) is 0.438. The maximum absolute atomic E-state index is 12.3. The fourth-order valence-electron chi connectivity index (χ4n) is 2.89. The Morgan fingerprint density at radius 2 is 1.36 bits per heavy atom. The Hall–Kier alpha value is -4.23. The molecule has 1 atom stereocenters. The summed E-state index contributed by atoms with van der Waals surface area (Å²) < 4.78 is 29.5. The van der Waals surface area contributed by atoms with Crippen LogP contribution < -0.4 is 0 Å². The van der Waals surface area contributed by atoms with Crippen molar-refractivity contribution in [2.75, 3.05) is 6.61 Å². The monoisotopic (exact) mass is 654 g/mol. The number of carboxylic acid groups (broad SMARTS) is 4. The number of ether oxygens (including phenoxy) is 1.